The number of hydrogen-bond acceptors (Lipinski definition) is 1. The smallest absolute Gasteiger partial charge is 0.196 e. The van der Waals surface area contributed by atoms with Crippen LogP contribution in [0.25, 0.3) is 0 Å². The number of hydrogen-bond donors (Lipinski definition) is 0. The van der Waals surface area contributed by atoms with Gasteiger partial charge in [0.05, 0.1) is 5.56 Å². The predicted octanol–water partition coefficient (Wildman–Crippen LogP) is 4.02. The van der Waals surface area contributed by atoms with Crippen LogP contribution < -0.4 is 0 Å². The summed E-state index contributed by atoms with van der Waals surface area (Å²) < 4.78 is 13.6. The average Bonchev–Trinajstić information content (AvgIpc) is 2.32. The third kappa shape index (κ3) is 2.37. The summed E-state index contributed by atoms with van der Waals surface area (Å²) in [6, 6.07) is 11.1. The van der Waals surface area contributed by atoms with E-state index in [1.54, 1.807) is 12.1 Å². The molecule has 0 radical (unpaired) electrons. The van der Waals surface area contributed by atoms with Crippen LogP contribution in [0.5, 0.6) is 0 Å². The Morgan fingerprint density at radius 2 is 1.82 bits per heavy atom. The Bertz CT molecular complexity index is 578. The number of ketones is 1. The zero-order chi connectivity index (χ0) is 12.4. The summed E-state index contributed by atoms with van der Waals surface area (Å²) in [6.45, 7) is 1.82. The number of benzene rings is 2. The first-order chi connectivity index (χ1) is 8.09. The van der Waals surface area contributed by atoms with Gasteiger partial charge in [-0.1, -0.05) is 35.9 Å². The second-order valence-corrected chi connectivity index (χ2v) is 4.20. The molecule has 0 spiro atoms. The van der Waals surface area contributed by atoms with Crippen LogP contribution in [0.2, 0.25) is 5.02 Å². The van der Waals surface area contributed by atoms with Crippen LogP contribution in [0.3, 0.4) is 0 Å². The summed E-state index contributed by atoms with van der Waals surface area (Å²) in [4.78, 5) is 12.1. The van der Waals surface area contributed by atoms with E-state index in [4.69, 9.17) is 11.6 Å². The molecule has 2 rings (SSSR count). The summed E-state index contributed by atoms with van der Waals surface area (Å²) in [7, 11) is 0. The maximum atomic E-state index is 13.6. The third-order valence-electron chi connectivity index (χ3n) is 2.56. The van der Waals surface area contributed by atoms with Gasteiger partial charge in [0, 0.05) is 10.6 Å². The van der Waals surface area contributed by atoms with Crippen LogP contribution >= 0.6 is 11.6 Å². The largest absolute Gasteiger partial charge is 0.288 e. The number of carbonyl (C=O) groups is 1. The SMILES string of the molecule is Cc1ccccc1C(=O)c1cc(Cl)ccc1F. The molecule has 2 aromatic carbocycles. The highest BCUT2D eigenvalue weighted by molar-refractivity contribution is 6.31. The molecule has 0 aliphatic carbocycles. The van der Waals surface area contributed by atoms with Gasteiger partial charge in [0.2, 0.25) is 0 Å². The molecule has 0 unspecified atom stereocenters. The van der Waals surface area contributed by atoms with Crippen LogP contribution in [0, 0.1) is 12.7 Å². The first-order valence-corrected chi connectivity index (χ1v) is 5.53. The van der Waals surface area contributed by atoms with Crippen molar-refractivity contribution in [1.82, 2.24) is 0 Å². The highest BCUT2D eigenvalue weighted by Gasteiger charge is 2.15. The second kappa shape index (κ2) is 4.68. The van der Waals surface area contributed by atoms with Crippen LogP contribution in [0.1, 0.15) is 21.5 Å². The number of aryl methyl sites for hydroxylation is 1. The van der Waals surface area contributed by atoms with E-state index >= 15 is 0 Å². The fraction of sp³-hybridized carbons (Fsp3) is 0.0714. The van der Waals surface area contributed by atoms with E-state index in [2.05, 4.69) is 0 Å². The summed E-state index contributed by atoms with van der Waals surface area (Å²) >= 11 is 5.77. The van der Waals surface area contributed by atoms with Crippen LogP contribution in [0.4, 0.5) is 4.39 Å². The van der Waals surface area contributed by atoms with Gasteiger partial charge in [0.15, 0.2) is 5.78 Å². The minimum absolute atomic E-state index is 0.00630. The van der Waals surface area contributed by atoms with Crippen molar-refractivity contribution in [3.63, 3.8) is 0 Å². The van der Waals surface area contributed by atoms with Gasteiger partial charge in [-0.15, -0.1) is 0 Å². The molecule has 0 saturated carbocycles. The molecule has 0 heterocycles. The van der Waals surface area contributed by atoms with E-state index in [0.717, 1.165) is 5.56 Å². The molecule has 0 bridgehead atoms. The lowest BCUT2D eigenvalue weighted by Crippen LogP contribution is -2.06. The fourth-order valence-electron chi connectivity index (χ4n) is 1.64. The van der Waals surface area contributed by atoms with Crippen molar-refractivity contribution in [2.24, 2.45) is 0 Å². The molecule has 0 N–H and O–H groups in total. The maximum Gasteiger partial charge on any atom is 0.196 e. The van der Waals surface area contributed by atoms with E-state index < -0.39 is 5.82 Å². The molecule has 0 aromatic heterocycles. The first-order valence-electron chi connectivity index (χ1n) is 5.15. The molecule has 0 aliphatic rings. The van der Waals surface area contributed by atoms with Crippen molar-refractivity contribution >= 4 is 17.4 Å². The van der Waals surface area contributed by atoms with Gasteiger partial charge in [-0.3, -0.25) is 4.79 Å². The molecule has 0 aliphatic heterocycles. The monoisotopic (exact) mass is 248 g/mol. The zero-order valence-corrected chi connectivity index (χ0v) is 9.96. The Hall–Kier alpha value is -1.67. The summed E-state index contributed by atoms with van der Waals surface area (Å²) in [5.41, 5.74) is 1.32. The molecule has 1 nitrogen and oxygen atoms in total. The molecule has 0 fully saturated rings. The Kier molecular flexibility index (Phi) is 3.25. The topological polar surface area (TPSA) is 17.1 Å². The van der Waals surface area contributed by atoms with Gasteiger partial charge in [-0.25, -0.2) is 4.39 Å². The number of rotatable bonds is 2. The molecule has 2 aromatic rings. The van der Waals surface area contributed by atoms with E-state index in [1.807, 2.05) is 19.1 Å². The molecular weight excluding hydrogens is 239 g/mol. The second-order valence-electron chi connectivity index (χ2n) is 3.77. The molecule has 3 heteroatoms. The van der Waals surface area contributed by atoms with Crippen molar-refractivity contribution in [1.29, 1.82) is 0 Å². The van der Waals surface area contributed by atoms with Gasteiger partial charge in [0.1, 0.15) is 5.82 Å². The molecule has 0 atom stereocenters. The van der Waals surface area contributed by atoms with E-state index in [0.29, 0.717) is 10.6 Å². The lowest BCUT2D eigenvalue weighted by atomic mass is 9.99. The molecular formula is C14H10ClFO. The van der Waals surface area contributed by atoms with Gasteiger partial charge < -0.3 is 0 Å². The van der Waals surface area contributed by atoms with Crippen molar-refractivity contribution in [3.05, 3.63) is 70.0 Å². The Morgan fingerprint density at radius 3 is 2.53 bits per heavy atom. The number of halogens is 2. The van der Waals surface area contributed by atoms with E-state index in [1.165, 1.54) is 18.2 Å². The lowest BCUT2D eigenvalue weighted by molar-refractivity contribution is 0.103. The van der Waals surface area contributed by atoms with Crippen molar-refractivity contribution in [2.75, 3.05) is 0 Å². The zero-order valence-electron chi connectivity index (χ0n) is 9.21. The minimum Gasteiger partial charge on any atom is -0.288 e. The highest BCUT2D eigenvalue weighted by Crippen LogP contribution is 2.20. The summed E-state index contributed by atoms with van der Waals surface area (Å²) in [5, 5.41) is 0.350. The van der Waals surface area contributed by atoms with Crippen LogP contribution in [-0.4, -0.2) is 5.78 Å². The van der Waals surface area contributed by atoms with E-state index in [9.17, 15) is 9.18 Å². The standard InChI is InChI=1S/C14H10ClFO/c1-9-4-2-3-5-11(9)14(17)12-8-10(15)6-7-13(12)16/h2-8H,1H3. The Morgan fingerprint density at radius 1 is 1.12 bits per heavy atom. The molecule has 0 amide bonds. The van der Waals surface area contributed by atoms with Gasteiger partial charge >= 0.3 is 0 Å². The van der Waals surface area contributed by atoms with E-state index in [-0.39, 0.29) is 11.3 Å². The summed E-state index contributed by atoms with van der Waals surface area (Å²) in [5.74, 6) is -0.897. The third-order valence-corrected chi connectivity index (χ3v) is 2.80. The van der Waals surface area contributed by atoms with Gasteiger partial charge in [-0.05, 0) is 30.7 Å². The highest BCUT2D eigenvalue weighted by atomic mass is 35.5. The van der Waals surface area contributed by atoms with Crippen LogP contribution in [-0.2, 0) is 0 Å². The lowest BCUT2D eigenvalue weighted by Gasteiger charge is -2.06. The Labute approximate surface area is 104 Å². The molecule has 0 saturated heterocycles. The molecule has 86 valence electrons. The quantitative estimate of drug-likeness (QED) is 0.734. The van der Waals surface area contributed by atoms with Crippen molar-refractivity contribution in [3.8, 4) is 0 Å². The first kappa shape index (κ1) is 11.8. The average molecular weight is 249 g/mol. The Balaban J connectivity index is 2.51. The van der Waals surface area contributed by atoms with Crippen LogP contribution in [0.15, 0.2) is 42.5 Å². The van der Waals surface area contributed by atoms with Crippen molar-refractivity contribution in [2.45, 2.75) is 6.92 Å². The normalized spacial score (nSPS) is 10.3. The van der Waals surface area contributed by atoms with Gasteiger partial charge in [0.25, 0.3) is 0 Å². The van der Waals surface area contributed by atoms with Gasteiger partial charge in [-0.2, -0.15) is 0 Å². The number of carbonyl (C=O) groups excluding carboxylic acids is 1. The predicted molar refractivity (Wildman–Crippen MR) is 66.0 cm³/mol. The maximum absolute atomic E-state index is 13.6. The fourth-order valence-corrected chi connectivity index (χ4v) is 1.82. The minimum atomic E-state index is -0.553. The molecule has 17 heavy (non-hydrogen) atoms. The summed E-state index contributed by atoms with van der Waals surface area (Å²) in [6.07, 6.45) is 0. The van der Waals surface area contributed by atoms with Crippen molar-refractivity contribution < 1.29 is 9.18 Å².